The van der Waals surface area contributed by atoms with Gasteiger partial charge >= 0.3 is 0 Å². The van der Waals surface area contributed by atoms with Gasteiger partial charge in [0, 0.05) is 6.20 Å². The summed E-state index contributed by atoms with van der Waals surface area (Å²) in [5, 5.41) is 0. The summed E-state index contributed by atoms with van der Waals surface area (Å²) in [6, 6.07) is 13.7. The first-order valence-corrected chi connectivity index (χ1v) is 5.41. The number of hydrogen-bond donors (Lipinski definition) is 2. The van der Waals surface area contributed by atoms with E-state index in [1.54, 1.807) is 12.3 Å². The van der Waals surface area contributed by atoms with E-state index in [0.29, 0.717) is 13.2 Å². The Bertz CT molecular complexity index is 459. The molecule has 0 bridgehead atoms. The van der Waals surface area contributed by atoms with Gasteiger partial charge < -0.3 is 10.2 Å². The Labute approximate surface area is 100 Å². The number of rotatable bonds is 5. The summed E-state index contributed by atoms with van der Waals surface area (Å²) in [5.41, 5.74) is 5.42. The van der Waals surface area contributed by atoms with Gasteiger partial charge in [0.1, 0.15) is 0 Å². The van der Waals surface area contributed by atoms with E-state index in [9.17, 15) is 0 Å². The minimum absolute atomic E-state index is 0.477. The fraction of sp³-hybridized carbons (Fsp3) is 0.154. The highest BCUT2D eigenvalue weighted by atomic mass is 16.5. The van der Waals surface area contributed by atoms with Crippen LogP contribution in [0.4, 0.5) is 5.69 Å². The molecule has 0 saturated carbocycles. The smallest absolute Gasteiger partial charge is 0.0893 e. The molecule has 17 heavy (non-hydrogen) atoms. The molecule has 88 valence electrons. The number of ether oxygens (including phenoxy) is 1. The maximum atomic E-state index is 5.57. The quantitative estimate of drug-likeness (QED) is 0.608. The molecule has 0 aliphatic carbocycles. The van der Waals surface area contributed by atoms with Crippen molar-refractivity contribution in [2.24, 2.45) is 5.84 Å². The predicted molar refractivity (Wildman–Crippen MR) is 67.0 cm³/mol. The Hall–Kier alpha value is -1.91. The molecule has 0 aliphatic rings. The van der Waals surface area contributed by atoms with Crippen LogP contribution in [-0.4, -0.2) is 4.98 Å². The van der Waals surface area contributed by atoms with Crippen LogP contribution < -0.4 is 11.3 Å². The van der Waals surface area contributed by atoms with Crippen LogP contribution in [0.2, 0.25) is 0 Å². The maximum absolute atomic E-state index is 5.57. The van der Waals surface area contributed by atoms with Crippen molar-refractivity contribution in [3.8, 4) is 0 Å². The largest absolute Gasteiger partial charge is 0.370 e. The summed E-state index contributed by atoms with van der Waals surface area (Å²) in [7, 11) is 0. The normalized spacial score (nSPS) is 10.2. The van der Waals surface area contributed by atoms with Crippen LogP contribution in [0.5, 0.6) is 0 Å². The Kier molecular flexibility index (Phi) is 4.07. The average Bonchev–Trinajstić information content (AvgIpc) is 2.40. The molecule has 0 saturated heterocycles. The number of aromatic nitrogens is 1. The first-order chi connectivity index (χ1) is 8.38. The lowest BCUT2D eigenvalue weighted by Gasteiger charge is -2.05. The van der Waals surface area contributed by atoms with Crippen molar-refractivity contribution in [1.82, 2.24) is 4.98 Å². The summed E-state index contributed by atoms with van der Waals surface area (Å²) in [6.07, 6.45) is 1.70. The number of nitrogens with zero attached hydrogens (tertiary/aromatic N) is 1. The van der Waals surface area contributed by atoms with E-state index in [1.165, 1.54) is 0 Å². The van der Waals surface area contributed by atoms with E-state index in [0.717, 1.165) is 16.9 Å². The first kappa shape index (κ1) is 11.6. The molecular weight excluding hydrogens is 214 g/mol. The first-order valence-electron chi connectivity index (χ1n) is 5.41. The third-order valence-electron chi connectivity index (χ3n) is 2.34. The molecule has 4 heteroatoms. The molecule has 1 aromatic carbocycles. The van der Waals surface area contributed by atoms with Gasteiger partial charge in [0.15, 0.2) is 0 Å². The fourth-order valence-electron chi connectivity index (χ4n) is 1.49. The van der Waals surface area contributed by atoms with Gasteiger partial charge in [-0.05, 0) is 17.7 Å². The molecule has 1 aromatic heterocycles. The van der Waals surface area contributed by atoms with Crippen molar-refractivity contribution in [2.45, 2.75) is 13.2 Å². The fourth-order valence-corrected chi connectivity index (χ4v) is 1.49. The van der Waals surface area contributed by atoms with E-state index in [-0.39, 0.29) is 0 Å². The molecule has 0 spiro atoms. The highest BCUT2D eigenvalue weighted by Crippen LogP contribution is 2.08. The lowest BCUT2D eigenvalue weighted by molar-refractivity contribution is 0.104. The van der Waals surface area contributed by atoms with Crippen LogP contribution in [0, 0.1) is 0 Å². The van der Waals surface area contributed by atoms with Gasteiger partial charge in [-0.1, -0.05) is 30.3 Å². The number of anilines is 1. The molecule has 2 aromatic rings. The minimum Gasteiger partial charge on any atom is -0.370 e. The lowest BCUT2D eigenvalue weighted by atomic mass is 10.2. The minimum atomic E-state index is 0.477. The maximum Gasteiger partial charge on any atom is 0.0893 e. The van der Waals surface area contributed by atoms with Crippen LogP contribution in [-0.2, 0) is 18.0 Å². The van der Waals surface area contributed by atoms with Gasteiger partial charge in [-0.15, -0.1) is 0 Å². The second-order valence-corrected chi connectivity index (χ2v) is 3.66. The number of hydrazine groups is 1. The summed E-state index contributed by atoms with van der Waals surface area (Å²) in [5.74, 6) is 5.32. The van der Waals surface area contributed by atoms with Gasteiger partial charge in [0.2, 0.25) is 0 Å². The number of nitrogen functional groups attached to an aromatic ring is 1. The van der Waals surface area contributed by atoms with Crippen LogP contribution in [0.15, 0.2) is 48.7 Å². The Balaban J connectivity index is 1.86. The third kappa shape index (κ3) is 3.55. The monoisotopic (exact) mass is 229 g/mol. The summed E-state index contributed by atoms with van der Waals surface area (Å²) in [6.45, 7) is 1.06. The van der Waals surface area contributed by atoms with Crippen LogP contribution in [0.1, 0.15) is 11.3 Å². The SMILES string of the molecule is NNc1ccnc(COCc2ccccc2)c1. The van der Waals surface area contributed by atoms with Crippen LogP contribution in [0.25, 0.3) is 0 Å². The van der Waals surface area contributed by atoms with Crippen molar-refractivity contribution >= 4 is 5.69 Å². The standard InChI is InChI=1S/C13H15N3O/c14-16-12-6-7-15-13(8-12)10-17-9-11-4-2-1-3-5-11/h1-8H,9-10,14H2,(H,15,16). The molecule has 0 amide bonds. The van der Waals surface area contributed by atoms with E-state index in [4.69, 9.17) is 10.6 Å². The molecule has 2 rings (SSSR count). The molecule has 1 heterocycles. The van der Waals surface area contributed by atoms with Gasteiger partial charge in [0.25, 0.3) is 0 Å². The van der Waals surface area contributed by atoms with Gasteiger partial charge in [-0.3, -0.25) is 10.8 Å². The topological polar surface area (TPSA) is 60.2 Å². The average molecular weight is 229 g/mol. The zero-order chi connectivity index (χ0) is 11.9. The van der Waals surface area contributed by atoms with E-state index >= 15 is 0 Å². The number of benzene rings is 1. The van der Waals surface area contributed by atoms with Crippen molar-refractivity contribution in [3.05, 3.63) is 59.9 Å². The third-order valence-corrected chi connectivity index (χ3v) is 2.34. The number of nitrogens with two attached hydrogens (primary N) is 1. The highest BCUT2D eigenvalue weighted by molar-refractivity contribution is 5.41. The predicted octanol–water partition coefficient (Wildman–Crippen LogP) is 2.08. The Morgan fingerprint density at radius 1 is 1.12 bits per heavy atom. The van der Waals surface area contributed by atoms with Gasteiger partial charge in [-0.25, -0.2) is 0 Å². The van der Waals surface area contributed by atoms with Crippen molar-refractivity contribution in [2.75, 3.05) is 5.43 Å². The zero-order valence-corrected chi connectivity index (χ0v) is 9.47. The molecule has 0 aliphatic heterocycles. The van der Waals surface area contributed by atoms with E-state index < -0.39 is 0 Å². The number of pyridine rings is 1. The Morgan fingerprint density at radius 2 is 1.94 bits per heavy atom. The van der Waals surface area contributed by atoms with Crippen LogP contribution >= 0.6 is 0 Å². The second-order valence-electron chi connectivity index (χ2n) is 3.66. The van der Waals surface area contributed by atoms with E-state index in [2.05, 4.69) is 10.4 Å². The van der Waals surface area contributed by atoms with E-state index in [1.807, 2.05) is 36.4 Å². The zero-order valence-electron chi connectivity index (χ0n) is 9.47. The molecule has 0 fully saturated rings. The highest BCUT2D eigenvalue weighted by Gasteiger charge is 1.97. The number of nitrogens with one attached hydrogen (secondary N) is 1. The van der Waals surface area contributed by atoms with Gasteiger partial charge in [0.05, 0.1) is 24.6 Å². The molecule has 0 radical (unpaired) electrons. The lowest BCUT2D eigenvalue weighted by Crippen LogP contribution is -2.07. The molecule has 3 N–H and O–H groups in total. The van der Waals surface area contributed by atoms with Crippen molar-refractivity contribution in [3.63, 3.8) is 0 Å². The molecular formula is C13H15N3O. The Morgan fingerprint density at radius 3 is 2.71 bits per heavy atom. The summed E-state index contributed by atoms with van der Waals surface area (Å²) in [4.78, 5) is 4.20. The second kappa shape index (κ2) is 5.98. The summed E-state index contributed by atoms with van der Waals surface area (Å²) < 4.78 is 5.57. The summed E-state index contributed by atoms with van der Waals surface area (Å²) >= 11 is 0. The van der Waals surface area contributed by atoms with Crippen molar-refractivity contribution in [1.29, 1.82) is 0 Å². The van der Waals surface area contributed by atoms with Crippen molar-refractivity contribution < 1.29 is 4.74 Å². The van der Waals surface area contributed by atoms with Gasteiger partial charge in [-0.2, -0.15) is 0 Å². The number of hydrogen-bond acceptors (Lipinski definition) is 4. The van der Waals surface area contributed by atoms with Crippen LogP contribution in [0.3, 0.4) is 0 Å². The molecule has 0 unspecified atom stereocenters. The molecule has 0 atom stereocenters. The molecule has 4 nitrogen and oxygen atoms in total.